The van der Waals surface area contributed by atoms with Gasteiger partial charge in [0.15, 0.2) is 0 Å². The van der Waals surface area contributed by atoms with Crippen LogP contribution in [0.5, 0.6) is 0 Å². The summed E-state index contributed by atoms with van der Waals surface area (Å²) in [5, 5.41) is 0. The molecule has 0 bridgehead atoms. The van der Waals surface area contributed by atoms with Crippen LogP contribution >= 0.6 is 0 Å². The Labute approximate surface area is 86.2 Å². The van der Waals surface area contributed by atoms with E-state index in [-0.39, 0.29) is 0 Å². The van der Waals surface area contributed by atoms with Crippen molar-refractivity contribution in [1.29, 1.82) is 0 Å². The Balaban J connectivity index is 0.000000461. The number of rotatable bonds is 1. The van der Waals surface area contributed by atoms with Gasteiger partial charge in [0.05, 0.1) is 0 Å². The van der Waals surface area contributed by atoms with Gasteiger partial charge in [-0.1, -0.05) is 20.8 Å². The van der Waals surface area contributed by atoms with E-state index in [2.05, 4.69) is 21.8 Å². The number of aromatic nitrogens is 2. The average molecular weight is 193 g/mol. The molecule has 2 heterocycles. The van der Waals surface area contributed by atoms with Crippen molar-refractivity contribution in [2.24, 2.45) is 5.92 Å². The highest BCUT2D eigenvalue weighted by Crippen LogP contribution is 2.19. The Kier molecular flexibility index (Phi) is 3.86. The van der Waals surface area contributed by atoms with Crippen LogP contribution in [0.2, 0.25) is 0 Å². The Bertz CT molecular complexity index is 262. The molecule has 1 saturated heterocycles. The summed E-state index contributed by atoms with van der Waals surface area (Å²) >= 11 is 0. The Hall–Kier alpha value is -1.12. The molecule has 3 heteroatoms. The first-order valence-electron chi connectivity index (χ1n) is 5.29. The largest absolute Gasteiger partial charge is 0.340 e. The molecule has 1 fully saturated rings. The zero-order chi connectivity index (χ0) is 10.6. The number of nitrogens with zero attached hydrogens (tertiary/aromatic N) is 3. The first-order valence-corrected chi connectivity index (χ1v) is 5.29. The SMILES string of the molecule is CC.Cc1cnc(N2CC(C)C2)nc1. The van der Waals surface area contributed by atoms with E-state index in [1.807, 2.05) is 33.2 Å². The first-order chi connectivity index (χ1) is 6.75. The fraction of sp³-hybridized carbons (Fsp3) is 0.636. The van der Waals surface area contributed by atoms with Crippen molar-refractivity contribution in [1.82, 2.24) is 9.97 Å². The molecule has 0 amide bonds. The second kappa shape index (κ2) is 4.94. The Morgan fingerprint density at radius 3 is 2.14 bits per heavy atom. The summed E-state index contributed by atoms with van der Waals surface area (Å²) in [7, 11) is 0. The summed E-state index contributed by atoms with van der Waals surface area (Å²) in [5.74, 6) is 1.67. The second-order valence-corrected chi connectivity index (χ2v) is 3.57. The van der Waals surface area contributed by atoms with Gasteiger partial charge < -0.3 is 4.90 Å². The normalized spacial score (nSPS) is 15.6. The van der Waals surface area contributed by atoms with Crippen molar-refractivity contribution in [3.8, 4) is 0 Å². The van der Waals surface area contributed by atoms with Crippen LogP contribution in [0.25, 0.3) is 0 Å². The molecule has 3 nitrogen and oxygen atoms in total. The van der Waals surface area contributed by atoms with E-state index >= 15 is 0 Å². The molecule has 2 rings (SSSR count). The van der Waals surface area contributed by atoms with Gasteiger partial charge in [0.2, 0.25) is 5.95 Å². The molecular formula is C11H19N3. The van der Waals surface area contributed by atoms with Gasteiger partial charge in [-0.15, -0.1) is 0 Å². The molecular weight excluding hydrogens is 174 g/mol. The molecule has 0 atom stereocenters. The maximum atomic E-state index is 4.25. The molecule has 14 heavy (non-hydrogen) atoms. The van der Waals surface area contributed by atoms with E-state index in [1.165, 1.54) is 0 Å². The van der Waals surface area contributed by atoms with Crippen LogP contribution in [0.1, 0.15) is 26.3 Å². The minimum Gasteiger partial charge on any atom is -0.340 e. The lowest BCUT2D eigenvalue weighted by Gasteiger charge is -2.36. The first kappa shape index (κ1) is 11.0. The standard InChI is InChI=1S/C9H13N3.C2H6/c1-7-3-10-9(11-4-7)12-5-8(2)6-12;1-2/h3-4,8H,5-6H2,1-2H3;1-2H3. The van der Waals surface area contributed by atoms with Crippen LogP contribution in [0, 0.1) is 12.8 Å². The molecule has 1 aliphatic rings. The van der Waals surface area contributed by atoms with E-state index in [4.69, 9.17) is 0 Å². The summed E-state index contributed by atoms with van der Waals surface area (Å²) < 4.78 is 0. The van der Waals surface area contributed by atoms with Crippen molar-refractivity contribution in [2.75, 3.05) is 18.0 Å². The molecule has 0 saturated carbocycles. The van der Waals surface area contributed by atoms with Gasteiger partial charge in [-0.3, -0.25) is 0 Å². The zero-order valence-corrected chi connectivity index (χ0v) is 9.49. The van der Waals surface area contributed by atoms with E-state index in [0.29, 0.717) is 0 Å². The second-order valence-electron chi connectivity index (χ2n) is 3.57. The fourth-order valence-electron chi connectivity index (χ4n) is 1.41. The van der Waals surface area contributed by atoms with Gasteiger partial charge in [0.1, 0.15) is 0 Å². The topological polar surface area (TPSA) is 29.0 Å². The molecule has 0 aromatic carbocycles. The van der Waals surface area contributed by atoms with Crippen molar-refractivity contribution in [2.45, 2.75) is 27.7 Å². The monoisotopic (exact) mass is 193 g/mol. The van der Waals surface area contributed by atoms with Gasteiger partial charge in [-0.2, -0.15) is 0 Å². The lowest BCUT2D eigenvalue weighted by Crippen LogP contribution is -2.46. The summed E-state index contributed by atoms with van der Waals surface area (Å²) in [5.41, 5.74) is 1.12. The zero-order valence-electron chi connectivity index (χ0n) is 9.49. The van der Waals surface area contributed by atoms with Crippen molar-refractivity contribution >= 4 is 5.95 Å². The minimum atomic E-state index is 0.801. The van der Waals surface area contributed by atoms with Crippen LogP contribution in [-0.2, 0) is 0 Å². The maximum Gasteiger partial charge on any atom is 0.225 e. The van der Waals surface area contributed by atoms with E-state index in [0.717, 1.165) is 30.5 Å². The predicted molar refractivity (Wildman–Crippen MR) is 59.5 cm³/mol. The number of hydrogen-bond acceptors (Lipinski definition) is 3. The van der Waals surface area contributed by atoms with Gasteiger partial charge in [-0.05, 0) is 18.4 Å². The smallest absolute Gasteiger partial charge is 0.225 e. The summed E-state index contributed by atoms with van der Waals surface area (Å²) in [4.78, 5) is 10.7. The molecule has 0 N–H and O–H groups in total. The third-order valence-corrected chi connectivity index (χ3v) is 2.11. The van der Waals surface area contributed by atoms with Crippen molar-refractivity contribution in [3.63, 3.8) is 0 Å². The van der Waals surface area contributed by atoms with Gasteiger partial charge in [0.25, 0.3) is 0 Å². The van der Waals surface area contributed by atoms with Crippen LogP contribution < -0.4 is 4.90 Å². The summed E-state index contributed by atoms with van der Waals surface area (Å²) in [6.45, 7) is 10.4. The quantitative estimate of drug-likeness (QED) is 0.685. The Morgan fingerprint density at radius 1 is 1.21 bits per heavy atom. The molecule has 78 valence electrons. The van der Waals surface area contributed by atoms with Gasteiger partial charge >= 0.3 is 0 Å². The van der Waals surface area contributed by atoms with Crippen molar-refractivity contribution in [3.05, 3.63) is 18.0 Å². The van der Waals surface area contributed by atoms with E-state index in [1.54, 1.807) is 0 Å². The highest BCUT2D eigenvalue weighted by molar-refractivity contribution is 5.33. The predicted octanol–water partition coefficient (Wildman–Crippen LogP) is 2.27. The summed E-state index contributed by atoms with van der Waals surface area (Å²) in [6.07, 6.45) is 3.73. The lowest BCUT2D eigenvalue weighted by molar-refractivity contribution is 0.439. The molecule has 0 radical (unpaired) electrons. The van der Waals surface area contributed by atoms with Gasteiger partial charge in [-0.25, -0.2) is 9.97 Å². The van der Waals surface area contributed by atoms with Crippen LogP contribution in [-0.4, -0.2) is 23.1 Å². The lowest BCUT2D eigenvalue weighted by atomic mass is 10.0. The van der Waals surface area contributed by atoms with E-state index in [9.17, 15) is 0 Å². The third-order valence-electron chi connectivity index (χ3n) is 2.11. The van der Waals surface area contributed by atoms with Crippen molar-refractivity contribution < 1.29 is 0 Å². The minimum absolute atomic E-state index is 0.801. The molecule has 0 spiro atoms. The van der Waals surface area contributed by atoms with E-state index < -0.39 is 0 Å². The molecule has 1 aromatic heterocycles. The number of anilines is 1. The van der Waals surface area contributed by atoms with Crippen LogP contribution in [0.3, 0.4) is 0 Å². The average Bonchev–Trinajstić information content (AvgIpc) is 2.18. The van der Waals surface area contributed by atoms with Gasteiger partial charge in [0, 0.05) is 25.5 Å². The highest BCUT2D eigenvalue weighted by atomic mass is 15.3. The maximum absolute atomic E-state index is 4.25. The highest BCUT2D eigenvalue weighted by Gasteiger charge is 2.24. The summed E-state index contributed by atoms with van der Waals surface area (Å²) in [6, 6.07) is 0. The molecule has 1 aromatic rings. The molecule has 1 aliphatic heterocycles. The molecule has 0 aliphatic carbocycles. The number of aryl methyl sites for hydroxylation is 1. The Morgan fingerprint density at radius 2 is 1.71 bits per heavy atom. The fourth-order valence-corrected chi connectivity index (χ4v) is 1.41. The number of hydrogen-bond donors (Lipinski definition) is 0. The van der Waals surface area contributed by atoms with Crippen LogP contribution in [0.15, 0.2) is 12.4 Å². The third kappa shape index (κ3) is 2.44. The van der Waals surface area contributed by atoms with Crippen LogP contribution in [0.4, 0.5) is 5.95 Å². The molecule has 0 unspecified atom stereocenters.